The first kappa shape index (κ1) is 25.1. The standard InChI is InChI=1S/C25H27ClN2O3S2/c1-20-8-5-6-11-24(20)28(33(30,31)23-9-3-2-4-10-23)18-25(29)27-16-7-17-32-19-21-12-14-22(26)15-13-21/h2-6,8-15H,7,16-19H2,1H3,(H,27,29). The van der Waals surface area contributed by atoms with Crippen LogP contribution in [-0.4, -0.2) is 33.2 Å². The summed E-state index contributed by atoms with van der Waals surface area (Å²) in [5.41, 5.74) is 2.48. The maximum atomic E-state index is 13.3. The second-order valence-electron chi connectivity index (χ2n) is 7.49. The van der Waals surface area contributed by atoms with Crippen LogP contribution in [0.4, 0.5) is 5.69 Å². The largest absolute Gasteiger partial charge is 0.354 e. The predicted octanol–water partition coefficient (Wildman–Crippen LogP) is 5.28. The van der Waals surface area contributed by atoms with Crippen LogP contribution in [0.1, 0.15) is 17.5 Å². The Bertz CT molecular complexity index is 1150. The highest BCUT2D eigenvalue weighted by atomic mass is 35.5. The Morgan fingerprint density at radius 3 is 2.33 bits per heavy atom. The molecule has 0 spiro atoms. The van der Waals surface area contributed by atoms with Crippen LogP contribution < -0.4 is 9.62 Å². The van der Waals surface area contributed by atoms with E-state index in [1.807, 2.05) is 43.3 Å². The summed E-state index contributed by atoms with van der Waals surface area (Å²) >= 11 is 7.68. The lowest BCUT2D eigenvalue weighted by Gasteiger charge is -2.25. The number of nitrogens with one attached hydrogen (secondary N) is 1. The van der Waals surface area contributed by atoms with Gasteiger partial charge in [0.05, 0.1) is 10.6 Å². The van der Waals surface area contributed by atoms with Crippen molar-refractivity contribution in [3.8, 4) is 0 Å². The number of hydrogen-bond acceptors (Lipinski definition) is 4. The molecule has 3 aromatic rings. The number of benzene rings is 3. The molecule has 0 aliphatic rings. The van der Waals surface area contributed by atoms with Crippen LogP contribution in [0.2, 0.25) is 5.02 Å². The summed E-state index contributed by atoms with van der Waals surface area (Å²) in [4.78, 5) is 12.8. The number of anilines is 1. The highest BCUT2D eigenvalue weighted by molar-refractivity contribution is 7.98. The minimum Gasteiger partial charge on any atom is -0.354 e. The monoisotopic (exact) mass is 502 g/mol. The Morgan fingerprint density at radius 1 is 0.970 bits per heavy atom. The lowest BCUT2D eigenvalue weighted by molar-refractivity contribution is -0.119. The van der Waals surface area contributed by atoms with E-state index in [1.54, 1.807) is 42.1 Å². The van der Waals surface area contributed by atoms with Crippen molar-refractivity contribution in [2.24, 2.45) is 0 Å². The zero-order chi connectivity index (χ0) is 23.7. The zero-order valence-electron chi connectivity index (χ0n) is 18.4. The summed E-state index contributed by atoms with van der Waals surface area (Å²) in [5, 5.41) is 3.58. The molecule has 3 aromatic carbocycles. The molecular weight excluding hydrogens is 476 g/mol. The van der Waals surface area contributed by atoms with E-state index in [2.05, 4.69) is 5.32 Å². The molecule has 1 amide bonds. The van der Waals surface area contributed by atoms with Gasteiger partial charge in [0.25, 0.3) is 10.0 Å². The summed E-state index contributed by atoms with van der Waals surface area (Å²) in [6, 6.07) is 23.1. The van der Waals surface area contributed by atoms with Crippen LogP contribution in [0.3, 0.4) is 0 Å². The number of nitrogens with zero attached hydrogens (tertiary/aromatic N) is 1. The van der Waals surface area contributed by atoms with Gasteiger partial charge in [-0.15, -0.1) is 0 Å². The Hall–Kier alpha value is -2.48. The van der Waals surface area contributed by atoms with E-state index in [0.29, 0.717) is 12.2 Å². The lowest BCUT2D eigenvalue weighted by Crippen LogP contribution is -2.41. The number of thioether (sulfide) groups is 1. The average molecular weight is 503 g/mol. The fourth-order valence-corrected chi connectivity index (χ4v) is 5.78. The van der Waals surface area contributed by atoms with Gasteiger partial charge in [-0.25, -0.2) is 8.42 Å². The van der Waals surface area contributed by atoms with Crippen molar-refractivity contribution < 1.29 is 13.2 Å². The molecule has 174 valence electrons. The summed E-state index contributed by atoms with van der Waals surface area (Å²) < 4.78 is 27.8. The smallest absolute Gasteiger partial charge is 0.264 e. The molecule has 0 aromatic heterocycles. The molecule has 5 nitrogen and oxygen atoms in total. The topological polar surface area (TPSA) is 66.5 Å². The summed E-state index contributed by atoms with van der Waals surface area (Å²) in [6.07, 6.45) is 0.791. The van der Waals surface area contributed by atoms with E-state index in [1.165, 1.54) is 22.0 Å². The van der Waals surface area contributed by atoms with Crippen molar-refractivity contribution in [2.75, 3.05) is 23.1 Å². The van der Waals surface area contributed by atoms with E-state index in [4.69, 9.17) is 11.6 Å². The number of rotatable bonds is 11. The van der Waals surface area contributed by atoms with Gasteiger partial charge in [0.1, 0.15) is 6.54 Å². The highest BCUT2D eigenvalue weighted by Crippen LogP contribution is 2.26. The quantitative estimate of drug-likeness (QED) is 0.362. The maximum Gasteiger partial charge on any atom is 0.264 e. The molecular formula is C25H27ClN2O3S2. The van der Waals surface area contributed by atoms with Crippen LogP contribution in [0.15, 0.2) is 83.8 Å². The number of sulfonamides is 1. The maximum absolute atomic E-state index is 13.3. The van der Waals surface area contributed by atoms with Crippen LogP contribution in [0.25, 0.3) is 0 Å². The lowest BCUT2D eigenvalue weighted by atomic mass is 10.2. The minimum absolute atomic E-state index is 0.152. The van der Waals surface area contributed by atoms with E-state index in [9.17, 15) is 13.2 Å². The fourth-order valence-electron chi connectivity index (χ4n) is 3.22. The van der Waals surface area contributed by atoms with Crippen molar-refractivity contribution in [1.29, 1.82) is 0 Å². The first-order valence-corrected chi connectivity index (χ1v) is 13.6. The van der Waals surface area contributed by atoms with Gasteiger partial charge in [-0.3, -0.25) is 9.10 Å². The molecule has 0 fully saturated rings. The van der Waals surface area contributed by atoms with Gasteiger partial charge in [0.15, 0.2) is 0 Å². The molecule has 0 saturated heterocycles. The summed E-state index contributed by atoms with van der Waals surface area (Å²) in [6.45, 7) is 2.04. The van der Waals surface area contributed by atoms with E-state index in [0.717, 1.165) is 28.5 Å². The van der Waals surface area contributed by atoms with Crippen molar-refractivity contribution in [2.45, 2.75) is 24.0 Å². The molecule has 0 bridgehead atoms. The third kappa shape index (κ3) is 7.25. The van der Waals surface area contributed by atoms with Gasteiger partial charge in [0.2, 0.25) is 5.91 Å². The molecule has 0 radical (unpaired) electrons. The van der Waals surface area contributed by atoms with Crippen LogP contribution in [-0.2, 0) is 20.6 Å². The molecule has 0 unspecified atom stereocenters. The third-order valence-corrected chi connectivity index (χ3v) is 8.11. The van der Waals surface area contributed by atoms with Crippen molar-refractivity contribution in [3.63, 3.8) is 0 Å². The first-order valence-electron chi connectivity index (χ1n) is 10.6. The molecule has 33 heavy (non-hydrogen) atoms. The van der Waals surface area contributed by atoms with Gasteiger partial charge in [0, 0.05) is 17.3 Å². The van der Waals surface area contributed by atoms with Crippen molar-refractivity contribution in [1.82, 2.24) is 5.32 Å². The molecule has 0 aliphatic heterocycles. The van der Waals surface area contributed by atoms with Gasteiger partial charge >= 0.3 is 0 Å². The number of aryl methyl sites for hydroxylation is 1. The molecule has 0 heterocycles. The molecule has 8 heteroatoms. The normalized spacial score (nSPS) is 11.2. The minimum atomic E-state index is -3.89. The second-order valence-corrected chi connectivity index (χ2v) is 10.9. The molecule has 0 aliphatic carbocycles. The zero-order valence-corrected chi connectivity index (χ0v) is 20.8. The predicted molar refractivity (Wildman–Crippen MR) is 137 cm³/mol. The van der Waals surface area contributed by atoms with Crippen LogP contribution >= 0.6 is 23.4 Å². The Labute approximate surface area is 205 Å². The molecule has 3 rings (SSSR count). The molecule has 1 N–H and O–H groups in total. The van der Waals surface area contributed by atoms with Gasteiger partial charge in [-0.2, -0.15) is 11.8 Å². The first-order chi connectivity index (χ1) is 15.9. The number of carbonyl (C=O) groups excluding carboxylic acids is 1. The Balaban J connectivity index is 1.57. The van der Waals surface area contributed by atoms with Crippen LogP contribution in [0.5, 0.6) is 0 Å². The SMILES string of the molecule is Cc1ccccc1N(CC(=O)NCCCSCc1ccc(Cl)cc1)S(=O)(=O)c1ccccc1. The van der Waals surface area contributed by atoms with E-state index < -0.39 is 10.0 Å². The van der Waals surface area contributed by atoms with Gasteiger partial charge in [-0.05, 0) is 60.6 Å². The fraction of sp³-hybridized carbons (Fsp3) is 0.240. The average Bonchev–Trinajstić information content (AvgIpc) is 2.82. The van der Waals surface area contributed by atoms with Crippen LogP contribution in [0, 0.1) is 6.92 Å². The number of para-hydroxylation sites is 1. The number of halogens is 1. The third-order valence-electron chi connectivity index (χ3n) is 4.97. The second kappa shape index (κ2) is 12.1. The number of hydrogen-bond donors (Lipinski definition) is 1. The summed E-state index contributed by atoms with van der Waals surface area (Å²) in [5.74, 6) is 1.43. The highest BCUT2D eigenvalue weighted by Gasteiger charge is 2.27. The Morgan fingerprint density at radius 2 is 1.64 bits per heavy atom. The van der Waals surface area contributed by atoms with E-state index >= 15 is 0 Å². The number of carbonyl (C=O) groups is 1. The molecule has 0 atom stereocenters. The van der Waals surface area contributed by atoms with Gasteiger partial charge in [-0.1, -0.05) is 60.1 Å². The van der Waals surface area contributed by atoms with Gasteiger partial charge < -0.3 is 5.32 Å². The van der Waals surface area contributed by atoms with E-state index in [-0.39, 0.29) is 17.3 Å². The molecule has 0 saturated carbocycles. The van der Waals surface area contributed by atoms with Crippen molar-refractivity contribution in [3.05, 3.63) is 95.0 Å². The number of amides is 1. The summed E-state index contributed by atoms with van der Waals surface area (Å²) in [7, 11) is -3.89. The van der Waals surface area contributed by atoms with Crippen molar-refractivity contribution >= 4 is 45.0 Å². The Kier molecular flexibility index (Phi) is 9.23.